The van der Waals surface area contributed by atoms with Gasteiger partial charge < -0.3 is 21.3 Å². The van der Waals surface area contributed by atoms with E-state index in [9.17, 15) is 4.79 Å². The number of fused-ring (bicyclic) bond motifs is 2. The highest BCUT2D eigenvalue weighted by molar-refractivity contribution is 5.99. The molecular formula is C20H20FN5O4. The summed E-state index contributed by atoms with van der Waals surface area (Å²) in [6.45, 7) is 2.54. The molecule has 0 saturated carbocycles. The number of hydrogen-bond donors (Lipinski definition) is 5. The molecule has 9 nitrogen and oxygen atoms in total. The van der Waals surface area contributed by atoms with Crippen LogP contribution >= 0.6 is 0 Å². The van der Waals surface area contributed by atoms with Crippen molar-refractivity contribution in [2.45, 2.75) is 19.8 Å². The SMILES string of the molecule is Cc1c(-c2cc3cc(NC(=O)O)ncc3c(N)c2F)cnc2c1NCCC2.O=CO. The molecule has 0 atom stereocenters. The van der Waals surface area contributed by atoms with Gasteiger partial charge >= 0.3 is 6.09 Å². The second-order valence-electron chi connectivity index (χ2n) is 6.63. The quantitative estimate of drug-likeness (QED) is 0.316. The number of nitrogen functional groups attached to an aromatic ring is 1. The Morgan fingerprint density at radius 3 is 2.73 bits per heavy atom. The van der Waals surface area contributed by atoms with Gasteiger partial charge in [-0.05, 0) is 42.8 Å². The number of anilines is 3. The van der Waals surface area contributed by atoms with Crippen LogP contribution in [0.5, 0.6) is 0 Å². The van der Waals surface area contributed by atoms with Crippen LogP contribution < -0.4 is 16.4 Å². The Morgan fingerprint density at radius 1 is 1.30 bits per heavy atom. The van der Waals surface area contributed by atoms with Gasteiger partial charge in [-0.25, -0.2) is 14.2 Å². The third-order valence-corrected chi connectivity index (χ3v) is 4.83. The number of amides is 1. The maximum atomic E-state index is 15.0. The Hall–Kier alpha value is -3.95. The van der Waals surface area contributed by atoms with Gasteiger partial charge in [-0.1, -0.05) is 0 Å². The van der Waals surface area contributed by atoms with Crippen molar-refractivity contribution in [2.75, 3.05) is 22.9 Å². The normalized spacial score (nSPS) is 12.2. The average molecular weight is 413 g/mol. The topological polar surface area (TPSA) is 150 Å². The summed E-state index contributed by atoms with van der Waals surface area (Å²) in [4.78, 5) is 27.7. The van der Waals surface area contributed by atoms with Crippen molar-refractivity contribution < 1.29 is 24.2 Å². The third-order valence-electron chi connectivity index (χ3n) is 4.83. The zero-order valence-electron chi connectivity index (χ0n) is 16.1. The highest BCUT2D eigenvalue weighted by atomic mass is 19.1. The Morgan fingerprint density at radius 2 is 2.03 bits per heavy atom. The van der Waals surface area contributed by atoms with Gasteiger partial charge in [-0.2, -0.15) is 0 Å². The van der Waals surface area contributed by atoms with E-state index in [-0.39, 0.29) is 18.0 Å². The minimum absolute atomic E-state index is 0.0260. The van der Waals surface area contributed by atoms with E-state index in [2.05, 4.69) is 20.6 Å². The Bertz CT molecular complexity index is 1140. The van der Waals surface area contributed by atoms with Crippen molar-refractivity contribution in [3.63, 3.8) is 0 Å². The van der Waals surface area contributed by atoms with E-state index in [1.54, 1.807) is 12.3 Å². The smallest absolute Gasteiger partial charge is 0.410 e. The molecule has 3 heterocycles. The van der Waals surface area contributed by atoms with Gasteiger partial charge in [0.05, 0.1) is 17.1 Å². The van der Waals surface area contributed by atoms with Crippen LogP contribution in [-0.2, 0) is 11.2 Å². The first kappa shape index (κ1) is 20.8. The van der Waals surface area contributed by atoms with E-state index in [0.717, 1.165) is 36.3 Å². The molecule has 1 amide bonds. The predicted octanol–water partition coefficient (Wildman–Crippen LogP) is 3.48. The maximum Gasteiger partial charge on any atom is 0.410 e. The van der Waals surface area contributed by atoms with E-state index < -0.39 is 11.9 Å². The monoisotopic (exact) mass is 413 g/mol. The molecule has 0 fully saturated rings. The lowest BCUT2D eigenvalue weighted by atomic mass is 9.95. The number of halogens is 1. The number of hydrogen-bond acceptors (Lipinski definition) is 6. The van der Waals surface area contributed by atoms with Gasteiger partial charge in [0, 0.05) is 35.5 Å². The molecule has 0 spiro atoms. The Labute approximate surface area is 170 Å². The van der Waals surface area contributed by atoms with Crippen LogP contribution in [0.3, 0.4) is 0 Å². The zero-order chi connectivity index (χ0) is 21.8. The molecule has 4 rings (SSSR count). The van der Waals surface area contributed by atoms with Crippen molar-refractivity contribution in [3.05, 3.63) is 41.6 Å². The third kappa shape index (κ3) is 3.93. The summed E-state index contributed by atoms with van der Waals surface area (Å²) in [6, 6.07) is 3.18. The summed E-state index contributed by atoms with van der Waals surface area (Å²) in [5, 5.41) is 22.3. The average Bonchev–Trinajstić information content (AvgIpc) is 2.71. The van der Waals surface area contributed by atoms with Gasteiger partial charge in [0.2, 0.25) is 0 Å². The summed E-state index contributed by atoms with van der Waals surface area (Å²) < 4.78 is 15.0. The molecule has 30 heavy (non-hydrogen) atoms. The van der Waals surface area contributed by atoms with Crippen molar-refractivity contribution >= 4 is 40.5 Å². The molecule has 156 valence electrons. The van der Waals surface area contributed by atoms with E-state index in [4.69, 9.17) is 20.7 Å². The molecular weight excluding hydrogens is 393 g/mol. The van der Waals surface area contributed by atoms with Crippen molar-refractivity contribution in [1.82, 2.24) is 9.97 Å². The summed E-state index contributed by atoms with van der Waals surface area (Å²) in [6.07, 6.45) is 3.72. The fraction of sp³-hybridized carbons (Fsp3) is 0.200. The van der Waals surface area contributed by atoms with Gasteiger partial charge in [-0.3, -0.25) is 15.1 Å². The Kier molecular flexibility index (Phi) is 5.95. The van der Waals surface area contributed by atoms with Gasteiger partial charge in [0.1, 0.15) is 5.82 Å². The van der Waals surface area contributed by atoms with Crippen LogP contribution in [0.25, 0.3) is 21.9 Å². The highest BCUT2D eigenvalue weighted by Crippen LogP contribution is 2.38. The molecule has 0 radical (unpaired) electrons. The largest absolute Gasteiger partial charge is 0.483 e. The van der Waals surface area contributed by atoms with Crippen LogP contribution in [0.1, 0.15) is 17.7 Å². The molecule has 1 aliphatic heterocycles. The number of aryl methyl sites for hydroxylation is 1. The fourth-order valence-electron chi connectivity index (χ4n) is 3.49. The molecule has 1 aliphatic rings. The van der Waals surface area contributed by atoms with E-state index >= 15 is 4.39 Å². The minimum Gasteiger partial charge on any atom is -0.483 e. The maximum absolute atomic E-state index is 15.0. The number of nitrogens with two attached hydrogens (primary N) is 1. The van der Waals surface area contributed by atoms with E-state index in [1.165, 1.54) is 12.3 Å². The number of rotatable bonds is 2. The second-order valence-corrected chi connectivity index (χ2v) is 6.63. The molecule has 0 bridgehead atoms. The zero-order valence-corrected chi connectivity index (χ0v) is 16.1. The lowest BCUT2D eigenvalue weighted by molar-refractivity contribution is -0.122. The lowest BCUT2D eigenvalue weighted by Crippen LogP contribution is -2.15. The number of pyridine rings is 2. The predicted molar refractivity (Wildman–Crippen MR) is 111 cm³/mol. The summed E-state index contributed by atoms with van der Waals surface area (Å²) in [5.41, 5.74) is 9.80. The first-order valence-corrected chi connectivity index (χ1v) is 9.05. The van der Waals surface area contributed by atoms with E-state index in [1.807, 2.05) is 6.92 Å². The fourth-order valence-corrected chi connectivity index (χ4v) is 3.49. The standard InChI is InChI=1S/C19H18FN5O2.CH2O2/c1-9-12(7-23-14-3-2-4-22-18(9)14)11-5-10-6-15(25-19(26)27)24-8-13(10)17(21)16(11)20;2-1-3/h5-8,22H,2-4,21H2,1H3,(H,24,25)(H,26,27);1H,(H,2,3). The number of carboxylic acid groups (broad SMARTS) is 2. The minimum atomic E-state index is -1.22. The number of nitrogens with one attached hydrogen (secondary N) is 2. The molecule has 0 unspecified atom stereocenters. The van der Waals surface area contributed by atoms with Crippen LogP contribution in [0, 0.1) is 12.7 Å². The van der Waals surface area contributed by atoms with Crippen molar-refractivity contribution in [3.8, 4) is 11.1 Å². The Balaban J connectivity index is 0.000000806. The van der Waals surface area contributed by atoms with Crippen LogP contribution in [0.15, 0.2) is 24.5 Å². The highest BCUT2D eigenvalue weighted by Gasteiger charge is 2.20. The van der Waals surface area contributed by atoms with Crippen molar-refractivity contribution in [2.24, 2.45) is 0 Å². The summed E-state index contributed by atoms with van der Waals surface area (Å²) >= 11 is 0. The molecule has 6 N–H and O–H groups in total. The number of benzene rings is 1. The number of aromatic nitrogens is 2. The van der Waals surface area contributed by atoms with Gasteiger partial charge in [0.15, 0.2) is 5.82 Å². The van der Waals surface area contributed by atoms with Crippen LogP contribution in [0.4, 0.5) is 26.4 Å². The lowest BCUT2D eigenvalue weighted by Gasteiger charge is -2.21. The van der Waals surface area contributed by atoms with E-state index in [0.29, 0.717) is 21.9 Å². The molecule has 3 aromatic rings. The second kappa shape index (κ2) is 8.60. The first-order valence-electron chi connectivity index (χ1n) is 9.05. The number of carbonyl (C=O) groups is 2. The van der Waals surface area contributed by atoms with Crippen LogP contribution in [-0.4, -0.2) is 39.3 Å². The molecule has 10 heteroatoms. The molecule has 0 aliphatic carbocycles. The summed E-state index contributed by atoms with van der Waals surface area (Å²) in [5.74, 6) is -0.391. The molecule has 2 aromatic heterocycles. The van der Waals surface area contributed by atoms with Gasteiger partial charge in [0.25, 0.3) is 6.47 Å². The number of nitrogens with zero attached hydrogens (tertiary/aromatic N) is 2. The van der Waals surface area contributed by atoms with Gasteiger partial charge in [-0.15, -0.1) is 0 Å². The molecule has 1 aromatic carbocycles. The molecule has 0 saturated heterocycles. The van der Waals surface area contributed by atoms with Crippen LogP contribution in [0.2, 0.25) is 0 Å². The summed E-state index contributed by atoms with van der Waals surface area (Å²) in [7, 11) is 0. The first-order chi connectivity index (χ1) is 14.4. The van der Waals surface area contributed by atoms with Crippen molar-refractivity contribution in [1.29, 1.82) is 0 Å².